The summed E-state index contributed by atoms with van der Waals surface area (Å²) in [5, 5.41) is 15.0. The van der Waals surface area contributed by atoms with Gasteiger partial charge >= 0.3 is 5.97 Å². The van der Waals surface area contributed by atoms with Gasteiger partial charge in [0.05, 0.1) is 5.69 Å². The topological polar surface area (TPSA) is 75.1 Å². The Morgan fingerprint density at radius 1 is 1.39 bits per heavy atom. The van der Waals surface area contributed by atoms with E-state index in [1.54, 1.807) is 23.5 Å². The molecule has 18 heavy (non-hydrogen) atoms. The van der Waals surface area contributed by atoms with E-state index in [0.717, 1.165) is 10.7 Å². The summed E-state index contributed by atoms with van der Waals surface area (Å²) in [5.74, 6) is -1.01. The van der Waals surface area contributed by atoms with Crippen LogP contribution in [0.2, 0.25) is 0 Å². The summed E-state index contributed by atoms with van der Waals surface area (Å²) in [7, 11) is 0. The van der Waals surface area contributed by atoms with Gasteiger partial charge in [-0.25, -0.2) is 14.8 Å². The molecule has 0 radical (unpaired) electrons. The molecule has 94 valence electrons. The number of aryl methyl sites for hydroxylation is 1. The quantitative estimate of drug-likeness (QED) is 0.860. The van der Waals surface area contributed by atoms with E-state index < -0.39 is 5.97 Å². The van der Waals surface area contributed by atoms with Crippen LogP contribution in [0.25, 0.3) is 0 Å². The lowest BCUT2D eigenvalue weighted by Crippen LogP contribution is -2.14. The summed E-state index contributed by atoms with van der Waals surface area (Å²) in [6, 6.07) is 4.98. The summed E-state index contributed by atoms with van der Waals surface area (Å²) < 4.78 is 0. The van der Waals surface area contributed by atoms with Crippen LogP contribution in [-0.2, 0) is 13.1 Å². The third kappa shape index (κ3) is 3.35. The van der Waals surface area contributed by atoms with Gasteiger partial charge in [0.25, 0.3) is 0 Å². The van der Waals surface area contributed by atoms with E-state index in [4.69, 9.17) is 5.11 Å². The summed E-state index contributed by atoms with van der Waals surface area (Å²) in [6.07, 6.45) is 0. The fourth-order valence-corrected chi connectivity index (χ4v) is 2.22. The molecule has 6 heteroatoms. The predicted octanol–water partition coefficient (Wildman–Crippen LogP) is 1.83. The highest BCUT2D eigenvalue weighted by Gasteiger charge is 2.05. The molecule has 0 atom stereocenters. The second kappa shape index (κ2) is 5.70. The lowest BCUT2D eigenvalue weighted by atomic mass is 10.3. The molecular weight excluding hydrogens is 250 g/mol. The largest absolute Gasteiger partial charge is 0.477 e. The van der Waals surface area contributed by atoms with Gasteiger partial charge in [0.1, 0.15) is 10.7 Å². The minimum atomic E-state index is -1.01. The molecular formula is C12H13N3O2S. The zero-order chi connectivity index (χ0) is 13.0. The van der Waals surface area contributed by atoms with Gasteiger partial charge in [-0.15, -0.1) is 11.3 Å². The van der Waals surface area contributed by atoms with Crippen LogP contribution in [-0.4, -0.2) is 21.0 Å². The Morgan fingerprint density at radius 2 is 2.22 bits per heavy atom. The molecule has 0 unspecified atom stereocenters. The normalized spacial score (nSPS) is 10.5. The van der Waals surface area contributed by atoms with Crippen molar-refractivity contribution in [3.8, 4) is 0 Å². The van der Waals surface area contributed by atoms with Crippen LogP contribution in [0, 0.1) is 6.92 Å². The maximum atomic E-state index is 10.8. The third-order valence-electron chi connectivity index (χ3n) is 2.27. The van der Waals surface area contributed by atoms with Gasteiger partial charge in [-0.05, 0) is 19.1 Å². The molecule has 2 rings (SSSR count). The first kappa shape index (κ1) is 12.7. The molecule has 0 fully saturated rings. The average Bonchev–Trinajstić information content (AvgIpc) is 2.75. The highest BCUT2D eigenvalue weighted by Crippen LogP contribution is 2.08. The van der Waals surface area contributed by atoms with Crippen LogP contribution < -0.4 is 5.32 Å². The van der Waals surface area contributed by atoms with Crippen molar-refractivity contribution in [1.82, 2.24) is 15.3 Å². The zero-order valence-electron chi connectivity index (χ0n) is 9.88. The lowest BCUT2D eigenvalue weighted by molar-refractivity contribution is 0.0690. The van der Waals surface area contributed by atoms with Crippen LogP contribution >= 0.6 is 11.3 Å². The molecule has 0 saturated carbocycles. The first-order valence-electron chi connectivity index (χ1n) is 5.46. The van der Waals surface area contributed by atoms with Gasteiger partial charge in [0.2, 0.25) is 0 Å². The van der Waals surface area contributed by atoms with Crippen molar-refractivity contribution in [3.05, 3.63) is 45.7 Å². The number of carbonyl (C=O) groups is 1. The van der Waals surface area contributed by atoms with E-state index in [1.807, 2.05) is 12.3 Å². The summed E-state index contributed by atoms with van der Waals surface area (Å²) >= 11 is 1.60. The van der Waals surface area contributed by atoms with Crippen LogP contribution in [0.4, 0.5) is 0 Å². The van der Waals surface area contributed by atoms with Crippen molar-refractivity contribution in [2.75, 3.05) is 0 Å². The van der Waals surface area contributed by atoms with Crippen molar-refractivity contribution >= 4 is 17.3 Å². The van der Waals surface area contributed by atoms with Gasteiger partial charge in [0, 0.05) is 24.2 Å². The van der Waals surface area contributed by atoms with Crippen LogP contribution in [0.15, 0.2) is 23.6 Å². The zero-order valence-corrected chi connectivity index (χ0v) is 10.7. The fourth-order valence-electron chi connectivity index (χ4n) is 1.48. The molecule has 0 bridgehead atoms. The van der Waals surface area contributed by atoms with Crippen LogP contribution in [0.3, 0.4) is 0 Å². The Bertz CT molecular complexity index is 554. The second-order valence-corrected chi connectivity index (χ2v) is 4.75. The van der Waals surface area contributed by atoms with Gasteiger partial charge in [0.15, 0.2) is 0 Å². The molecule has 0 saturated heterocycles. The van der Waals surface area contributed by atoms with Crippen molar-refractivity contribution in [2.24, 2.45) is 0 Å². The molecule has 2 aromatic rings. The fraction of sp³-hybridized carbons (Fsp3) is 0.250. The van der Waals surface area contributed by atoms with E-state index in [9.17, 15) is 4.79 Å². The second-order valence-electron chi connectivity index (χ2n) is 3.81. The number of rotatable bonds is 5. The first-order valence-corrected chi connectivity index (χ1v) is 6.34. The molecule has 2 aromatic heterocycles. The maximum Gasteiger partial charge on any atom is 0.354 e. The van der Waals surface area contributed by atoms with E-state index in [0.29, 0.717) is 18.8 Å². The van der Waals surface area contributed by atoms with Gasteiger partial charge in [-0.1, -0.05) is 6.07 Å². The van der Waals surface area contributed by atoms with E-state index in [-0.39, 0.29) is 5.69 Å². The molecule has 2 heterocycles. The third-order valence-corrected chi connectivity index (χ3v) is 3.24. The number of hydrogen-bond acceptors (Lipinski definition) is 5. The van der Waals surface area contributed by atoms with E-state index in [1.165, 1.54) is 6.07 Å². The van der Waals surface area contributed by atoms with Crippen LogP contribution in [0.1, 0.15) is 26.9 Å². The lowest BCUT2D eigenvalue weighted by Gasteiger charge is -2.03. The Kier molecular flexibility index (Phi) is 4.01. The van der Waals surface area contributed by atoms with Gasteiger partial charge in [-0.3, -0.25) is 0 Å². The summed E-state index contributed by atoms with van der Waals surface area (Å²) in [6.45, 7) is 3.15. The highest BCUT2D eigenvalue weighted by atomic mass is 32.1. The van der Waals surface area contributed by atoms with Crippen molar-refractivity contribution in [3.63, 3.8) is 0 Å². The van der Waals surface area contributed by atoms with Crippen LogP contribution in [0.5, 0.6) is 0 Å². The Balaban J connectivity index is 1.90. The smallest absolute Gasteiger partial charge is 0.354 e. The SMILES string of the molecule is Cc1csc(CNCc2cccc(C(=O)O)n2)n1. The number of aromatic carboxylic acids is 1. The summed E-state index contributed by atoms with van der Waals surface area (Å²) in [4.78, 5) is 19.1. The minimum Gasteiger partial charge on any atom is -0.477 e. The highest BCUT2D eigenvalue weighted by molar-refractivity contribution is 7.09. The van der Waals surface area contributed by atoms with Gasteiger partial charge < -0.3 is 10.4 Å². The molecule has 0 spiro atoms. The minimum absolute atomic E-state index is 0.0689. The Morgan fingerprint density at radius 3 is 2.89 bits per heavy atom. The van der Waals surface area contributed by atoms with E-state index in [2.05, 4.69) is 15.3 Å². The number of thiazole rings is 1. The molecule has 0 amide bonds. The number of aromatic nitrogens is 2. The molecule has 0 aromatic carbocycles. The maximum absolute atomic E-state index is 10.8. The number of carboxylic acid groups (broad SMARTS) is 1. The monoisotopic (exact) mass is 263 g/mol. The van der Waals surface area contributed by atoms with E-state index >= 15 is 0 Å². The number of pyridine rings is 1. The molecule has 0 aliphatic carbocycles. The standard InChI is InChI=1S/C12H13N3O2S/c1-8-7-18-11(14-8)6-13-5-9-3-2-4-10(15-9)12(16)17/h2-4,7,13H,5-6H2,1H3,(H,16,17). The molecule has 0 aliphatic rings. The van der Waals surface area contributed by atoms with Crippen molar-refractivity contribution < 1.29 is 9.90 Å². The van der Waals surface area contributed by atoms with Gasteiger partial charge in [-0.2, -0.15) is 0 Å². The first-order chi connectivity index (χ1) is 8.65. The molecule has 0 aliphatic heterocycles. The number of nitrogens with one attached hydrogen (secondary N) is 1. The Hall–Kier alpha value is -1.79. The number of carboxylic acids is 1. The number of hydrogen-bond donors (Lipinski definition) is 2. The predicted molar refractivity (Wildman–Crippen MR) is 68.6 cm³/mol. The number of nitrogens with zero attached hydrogens (tertiary/aromatic N) is 2. The average molecular weight is 263 g/mol. The van der Waals surface area contributed by atoms with Crippen molar-refractivity contribution in [2.45, 2.75) is 20.0 Å². The Labute approximate surface area is 109 Å². The molecule has 2 N–H and O–H groups in total. The molecule has 5 nitrogen and oxygen atoms in total. The van der Waals surface area contributed by atoms with Crippen molar-refractivity contribution in [1.29, 1.82) is 0 Å². The summed E-state index contributed by atoms with van der Waals surface area (Å²) in [5.41, 5.74) is 1.80.